The maximum Gasteiger partial charge on any atom is 0.0969 e. The molecule has 2 rings (SSSR count). The van der Waals surface area contributed by atoms with Crippen molar-refractivity contribution in [3.05, 3.63) is 26.9 Å². The molecule has 0 aliphatic rings. The van der Waals surface area contributed by atoms with E-state index in [9.17, 15) is 5.11 Å². The van der Waals surface area contributed by atoms with Gasteiger partial charge in [-0.05, 0) is 33.9 Å². The highest BCUT2D eigenvalue weighted by atomic mass is 79.9. The Labute approximate surface area is 112 Å². The quantitative estimate of drug-likeness (QED) is 0.935. The smallest absolute Gasteiger partial charge is 0.0969 e. The van der Waals surface area contributed by atoms with Gasteiger partial charge in [-0.2, -0.15) is 5.10 Å². The maximum atomic E-state index is 10.1. The van der Waals surface area contributed by atoms with E-state index in [1.54, 1.807) is 10.9 Å². The molecular formula is C10H13BrN4OS. The van der Waals surface area contributed by atoms with Gasteiger partial charge < -0.3 is 5.11 Å². The molecular weight excluding hydrogens is 304 g/mol. The minimum Gasteiger partial charge on any atom is -0.387 e. The van der Waals surface area contributed by atoms with E-state index in [1.807, 2.05) is 7.05 Å². The first-order chi connectivity index (χ1) is 8.13. The number of nitrogens with zero attached hydrogens (tertiary/aromatic N) is 4. The van der Waals surface area contributed by atoms with Crippen molar-refractivity contribution in [2.45, 2.75) is 25.9 Å². The molecule has 0 aliphatic carbocycles. The standard InChI is InChI=1S/C10H13BrN4OS/c1-3-6-10(11)7(15(2)13-6)4-8(16)9-5-12-14-17-9/h5,8,16H,3-4H2,1-2H3. The topological polar surface area (TPSA) is 63.8 Å². The summed E-state index contributed by atoms with van der Waals surface area (Å²) in [5.74, 6) is 0. The molecule has 5 nitrogen and oxygen atoms in total. The van der Waals surface area contributed by atoms with Gasteiger partial charge in [0, 0.05) is 13.5 Å². The fraction of sp³-hybridized carbons (Fsp3) is 0.500. The Bertz CT molecular complexity index is 497. The Balaban J connectivity index is 2.21. The van der Waals surface area contributed by atoms with Crippen LogP contribution in [0.1, 0.15) is 29.3 Å². The first-order valence-electron chi connectivity index (χ1n) is 5.29. The predicted octanol–water partition coefficient (Wildman–Crippen LogP) is 1.87. The molecule has 1 unspecified atom stereocenters. The molecule has 92 valence electrons. The fourth-order valence-electron chi connectivity index (χ4n) is 1.65. The van der Waals surface area contributed by atoms with Gasteiger partial charge in [-0.3, -0.25) is 4.68 Å². The highest BCUT2D eigenvalue weighted by Gasteiger charge is 2.18. The molecule has 0 saturated heterocycles. The largest absolute Gasteiger partial charge is 0.387 e. The summed E-state index contributed by atoms with van der Waals surface area (Å²) in [6.45, 7) is 2.06. The van der Waals surface area contributed by atoms with E-state index in [2.05, 4.69) is 37.5 Å². The van der Waals surface area contributed by atoms with E-state index < -0.39 is 6.10 Å². The van der Waals surface area contributed by atoms with Gasteiger partial charge in [0.05, 0.1) is 33.0 Å². The monoisotopic (exact) mass is 316 g/mol. The van der Waals surface area contributed by atoms with Crippen LogP contribution in [0.2, 0.25) is 0 Å². The molecule has 2 heterocycles. The van der Waals surface area contributed by atoms with Crippen LogP contribution >= 0.6 is 27.5 Å². The van der Waals surface area contributed by atoms with Crippen molar-refractivity contribution in [3.63, 3.8) is 0 Å². The lowest BCUT2D eigenvalue weighted by atomic mass is 10.1. The fourth-order valence-corrected chi connectivity index (χ4v) is 2.91. The number of hydrogen-bond acceptors (Lipinski definition) is 5. The molecule has 0 bridgehead atoms. The third kappa shape index (κ3) is 2.56. The lowest BCUT2D eigenvalue weighted by Crippen LogP contribution is -2.05. The minimum absolute atomic E-state index is 0.508. The van der Waals surface area contributed by atoms with Crippen LogP contribution < -0.4 is 0 Å². The molecule has 2 aromatic heterocycles. The van der Waals surface area contributed by atoms with Gasteiger partial charge in [0.25, 0.3) is 0 Å². The summed E-state index contributed by atoms with van der Waals surface area (Å²) in [5, 5.41) is 18.2. The van der Waals surface area contributed by atoms with Crippen LogP contribution in [0.25, 0.3) is 0 Å². The molecule has 2 aromatic rings. The Morgan fingerprint density at radius 3 is 2.88 bits per heavy atom. The van der Waals surface area contributed by atoms with Crippen LogP contribution in [0.5, 0.6) is 0 Å². The van der Waals surface area contributed by atoms with E-state index in [1.165, 1.54) is 11.5 Å². The van der Waals surface area contributed by atoms with Crippen LogP contribution in [0.15, 0.2) is 10.7 Å². The normalized spacial score (nSPS) is 12.9. The molecule has 1 N–H and O–H groups in total. The van der Waals surface area contributed by atoms with Gasteiger partial charge in [-0.25, -0.2) is 0 Å². The van der Waals surface area contributed by atoms with Crippen LogP contribution in [0.3, 0.4) is 0 Å². The minimum atomic E-state index is -0.577. The zero-order valence-corrected chi connectivity index (χ0v) is 12.0. The maximum absolute atomic E-state index is 10.1. The third-order valence-corrected chi connectivity index (χ3v) is 4.28. The molecule has 0 radical (unpaired) electrons. The van der Waals surface area contributed by atoms with Gasteiger partial charge >= 0.3 is 0 Å². The van der Waals surface area contributed by atoms with Gasteiger partial charge in [0.15, 0.2) is 0 Å². The van der Waals surface area contributed by atoms with Gasteiger partial charge in [0.1, 0.15) is 0 Å². The summed E-state index contributed by atoms with van der Waals surface area (Å²) in [6.07, 6.45) is 2.40. The summed E-state index contributed by atoms with van der Waals surface area (Å²) in [6, 6.07) is 0. The van der Waals surface area contributed by atoms with Crippen LogP contribution in [-0.2, 0) is 19.9 Å². The number of rotatable bonds is 4. The summed E-state index contributed by atoms with van der Waals surface area (Å²) in [5.41, 5.74) is 2.00. The number of hydrogen-bond donors (Lipinski definition) is 1. The second-order valence-electron chi connectivity index (χ2n) is 3.72. The van der Waals surface area contributed by atoms with Crippen molar-refractivity contribution in [2.75, 3.05) is 0 Å². The van der Waals surface area contributed by atoms with Crippen LogP contribution in [-0.4, -0.2) is 24.5 Å². The van der Waals surface area contributed by atoms with Crippen LogP contribution in [0.4, 0.5) is 0 Å². The van der Waals surface area contributed by atoms with E-state index in [4.69, 9.17) is 0 Å². The first-order valence-corrected chi connectivity index (χ1v) is 6.85. The van der Waals surface area contributed by atoms with Crippen molar-refractivity contribution in [1.82, 2.24) is 19.4 Å². The SMILES string of the molecule is CCc1nn(C)c(CC(O)c2cnns2)c1Br. The molecule has 17 heavy (non-hydrogen) atoms. The zero-order valence-electron chi connectivity index (χ0n) is 9.59. The van der Waals surface area contributed by atoms with E-state index in [-0.39, 0.29) is 0 Å². The average Bonchev–Trinajstić information content (AvgIpc) is 2.92. The zero-order chi connectivity index (χ0) is 12.4. The molecule has 0 amide bonds. The van der Waals surface area contributed by atoms with Gasteiger partial charge in [-0.1, -0.05) is 11.4 Å². The van der Waals surface area contributed by atoms with Crippen LogP contribution in [0, 0.1) is 0 Å². The lowest BCUT2D eigenvalue weighted by Gasteiger charge is -2.08. The number of aliphatic hydroxyl groups is 1. The summed E-state index contributed by atoms with van der Waals surface area (Å²) in [4.78, 5) is 0.774. The number of halogens is 1. The second-order valence-corrected chi connectivity index (χ2v) is 5.33. The lowest BCUT2D eigenvalue weighted by molar-refractivity contribution is 0.179. The highest BCUT2D eigenvalue weighted by molar-refractivity contribution is 9.10. The molecule has 0 fully saturated rings. The average molecular weight is 317 g/mol. The van der Waals surface area contributed by atoms with E-state index in [0.717, 1.165) is 27.2 Å². The Kier molecular flexibility index (Phi) is 3.90. The molecule has 0 saturated carbocycles. The Morgan fingerprint density at radius 1 is 1.59 bits per heavy atom. The van der Waals surface area contributed by atoms with Crippen molar-refractivity contribution < 1.29 is 5.11 Å². The molecule has 1 atom stereocenters. The molecule has 0 aromatic carbocycles. The Morgan fingerprint density at radius 2 is 2.35 bits per heavy atom. The molecule has 0 spiro atoms. The number of aliphatic hydroxyl groups excluding tert-OH is 1. The third-order valence-electron chi connectivity index (χ3n) is 2.60. The number of aryl methyl sites for hydroxylation is 2. The highest BCUT2D eigenvalue weighted by Crippen LogP contribution is 2.27. The number of aromatic nitrogens is 4. The van der Waals surface area contributed by atoms with Crippen molar-refractivity contribution >= 4 is 27.5 Å². The van der Waals surface area contributed by atoms with Gasteiger partial charge in [0.2, 0.25) is 0 Å². The van der Waals surface area contributed by atoms with Gasteiger partial charge in [-0.15, -0.1) is 5.10 Å². The predicted molar refractivity (Wildman–Crippen MR) is 68.9 cm³/mol. The van der Waals surface area contributed by atoms with E-state index >= 15 is 0 Å². The Hall–Kier alpha value is -0.790. The first kappa shape index (κ1) is 12.7. The summed E-state index contributed by atoms with van der Waals surface area (Å²) < 4.78 is 6.54. The van der Waals surface area contributed by atoms with Crippen molar-refractivity contribution in [1.29, 1.82) is 0 Å². The molecule has 7 heteroatoms. The second kappa shape index (κ2) is 5.24. The molecule has 0 aliphatic heterocycles. The van der Waals surface area contributed by atoms with Crippen molar-refractivity contribution in [3.8, 4) is 0 Å². The summed E-state index contributed by atoms with van der Waals surface area (Å²) in [7, 11) is 1.89. The van der Waals surface area contributed by atoms with Crippen molar-refractivity contribution in [2.24, 2.45) is 7.05 Å². The van der Waals surface area contributed by atoms with E-state index in [0.29, 0.717) is 6.42 Å². The summed E-state index contributed by atoms with van der Waals surface area (Å²) >= 11 is 4.75.